The third-order valence-corrected chi connectivity index (χ3v) is 2.65. The Labute approximate surface area is 120 Å². The smallest absolute Gasteiger partial charge is 0.136 e. The average Bonchev–Trinajstić information content (AvgIpc) is 2.44. The fraction of sp³-hybridized carbons (Fsp3) is 0.571. The van der Waals surface area contributed by atoms with Crippen LogP contribution in [0.2, 0.25) is 0 Å². The Kier molecular flexibility index (Phi) is 6.25. The molecule has 1 rings (SSSR count). The molecule has 1 aromatic rings. The highest BCUT2D eigenvalue weighted by Crippen LogP contribution is 2.19. The Morgan fingerprint density at radius 3 is 2.40 bits per heavy atom. The molecule has 6 heteroatoms. The maximum Gasteiger partial charge on any atom is 0.136 e. The molecule has 0 radical (unpaired) electrons. The SMILES string of the molecule is CCCNc1cc(N(CC#N)CC#N)nc(C(C)C)n1. The summed E-state index contributed by atoms with van der Waals surface area (Å²) in [6.07, 6.45) is 0.996. The van der Waals surface area contributed by atoms with Gasteiger partial charge in [-0.25, -0.2) is 9.97 Å². The van der Waals surface area contributed by atoms with Crippen LogP contribution in [0.3, 0.4) is 0 Å². The van der Waals surface area contributed by atoms with E-state index in [9.17, 15) is 0 Å². The van der Waals surface area contributed by atoms with Crippen LogP contribution >= 0.6 is 0 Å². The number of nitrogens with one attached hydrogen (secondary N) is 1. The lowest BCUT2D eigenvalue weighted by Gasteiger charge is -2.19. The zero-order valence-corrected chi connectivity index (χ0v) is 12.2. The molecule has 1 aromatic heterocycles. The molecule has 0 aromatic carbocycles. The van der Waals surface area contributed by atoms with Gasteiger partial charge in [-0.1, -0.05) is 20.8 Å². The van der Waals surface area contributed by atoms with E-state index in [1.165, 1.54) is 0 Å². The van der Waals surface area contributed by atoms with Crippen molar-refractivity contribution in [2.24, 2.45) is 0 Å². The Morgan fingerprint density at radius 1 is 1.25 bits per heavy atom. The van der Waals surface area contributed by atoms with Gasteiger partial charge in [0.1, 0.15) is 30.5 Å². The van der Waals surface area contributed by atoms with Gasteiger partial charge in [-0.05, 0) is 6.42 Å². The van der Waals surface area contributed by atoms with Gasteiger partial charge < -0.3 is 10.2 Å². The minimum atomic E-state index is 0.134. The first-order valence-corrected chi connectivity index (χ1v) is 6.74. The summed E-state index contributed by atoms with van der Waals surface area (Å²) in [4.78, 5) is 10.6. The standard InChI is InChI=1S/C14H20N6/c1-4-7-17-12-10-13(19-14(18-12)11(2)3)20(8-5-15)9-6-16/h10-11H,4,7-9H2,1-3H3,(H,17,18,19). The highest BCUT2D eigenvalue weighted by molar-refractivity contribution is 5.51. The summed E-state index contributed by atoms with van der Waals surface area (Å²) in [5.74, 6) is 2.25. The van der Waals surface area contributed by atoms with E-state index in [1.807, 2.05) is 13.8 Å². The van der Waals surface area contributed by atoms with Gasteiger partial charge in [-0.3, -0.25) is 0 Å². The summed E-state index contributed by atoms with van der Waals surface area (Å²) in [5.41, 5.74) is 0. The lowest BCUT2D eigenvalue weighted by Crippen LogP contribution is -2.25. The van der Waals surface area contributed by atoms with E-state index in [0.717, 1.165) is 18.8 Å². The van der Waals surface area contributed by atoms with Crippen molar-refractivity contribution < 1.29 is 0 Å². The van der Waals surface area contributed by atoms with Crippen molar-refractivity contribution in [2.75, 3.05) is 29.9 Å². The summed E-state index contributed by atoms with van der Waals surface area (Å²) in [5, 5.41) is 20.9. The molecule has 0 amide bonds. The molecule has 1 heterocycles. The molecule has 0 spiro atoms. The average molecular weight is 272 g/mol. The Bertz CT molecular complexity index is 495. The zero-order valence-electron chi connectivity index (χ0n) is 12.2. The monoisotopic (exact) mass is 272 g/mol. The predicted octanol–water partition coefficient (Wildman–Crippen LogP) is 2.28. The van der Waals surface area contributed by atoms with Crippen LogP contribution in [0.15, 0.2) is 6.07 Å². The van der Waals surface area contributed by atoms with E-state index in [1.54, 1.807) is 11.0 Å². The number of rotatable bonds is 7. The van der Waals surface area contributed by atoms with Crippen LogP contribution in [0.5, 0.6) is 0 Å². The molecule has 0 fully saturated rings. The molecule has 6 nitrogen and oxygen atoms in total. The van der Waals surface area contributed by atoms with Crippen molar-refractivity contribution >= 4 is 11.6 Å². The Hall–Kier alpha value is -2.34. The normalized spacial score (nSPS) is 9.90. The fourth-order valence-electron chi connectivity index (χ4n) is 1.61. The maximum absolute atomic E-state index is 8.85. The number of nitriles is 2. The first-order chi connectivity index (χ1) is 9.62. The molecule has 0 saturated heterocycles. The molecule has 0 aliphatic rings. The largest absolute Gasteiger partial charge is 0.370 e. The van der Waals surface area contributed by atoms with Gasteiger partial charge in [0.15, 0.2) is 0 Å². The molecular formula is C14H20N6. The molecule has 0 unspecified atom stereocenters. The van der Waals surface area contributed by atoms with Crippen LogP contribution in [0.1, 0.15) is 38.9 Å². The second-order valence-corrected chi connectivity index (χ2v) is 4.72. The Morgan fingerprint density at radius 2 is 1.90 bits per heavy atom. The molecule has 0 saturated carbocycles. The van der Waals surface area contributed by atoms with Crippen molar-refractivity contribution in [1.29, 1.82) is 10.5 Å². The van der Waals surface area contributed by atoms with Crippen LogP contribution in [0.25, 0.3) is 0 Å². The fourth-order valence-corrected chi connectivity index (χ4v) is 1.61. The van der Waals surface area contributed by atoms with Gasteiger partial charge in [-0.2, -0.15) is 10.5 Å². The topological polar surface area (TPSA) is 88.6 Å². The maximum atomic E-state index is 8.85. The van der Waals surface area contributed by atoms with Gasteiger partial charge in [0.05, 0.1) is 12.1 Å². The number of hydrogen-bond acceptors (Lipinski definition) is 6. The number of hydrogen-bond donors (Lipinski definition) is 1. The molecule has 0 aliphatic carbocycles. The molecule has 0 bridgehead atoms. The third-order valence-electron chi connectivity index (χ3n) is 2.65. The molecule has 0 atom stereocenters. The van der Waals surface area contributed by atoms with Crippen molar-refractivity contribution in [3.8, 4) is 12.1 Å². The summed E-state index contributed by atoms with van der Waals surface area (Å²) < 4.78 is 0. The van der Waals surface area contributed by atoms with Crippen LogP contribution in [0.4, 0.5) is 11.6 Å². The van der Waals surface area contributed by atoms with E-state index < -0.39 is 0 Å². The molecule has 1 N–H and O–H groups in total. The van der Waals surface area contributed by atoms with Crippen molar-refractivity contribution in [3.05, 3.63) is 11.9 Å². The molecule has 0 aliphatic heterocycles. The third kappa shape index (κ3) is 4.40. The molecule has 106 valence electrons. The van der Waals surface area contributed by atoms with E-state index >= 15 is 0 Å². The highest BCUT2D eigenvalue weighted by Gasteiger charge is 2.13. The number of anilines is 2. The second kappa shape index (κ2) is 7.96. The minimum Gasteiger partial charge on any atom is -0.370 e. The van der Waals surface area contributed by atoms with E-state index in [-0.39, 0.29) is 19.0 Å². The molecular weight excluding hydrogens is 252 g/mol. The second-order valence-electron chi connectivity index (χ2n) is 4.72. The minimum absolute atomic E-state index is 0.134. The first-order valence-electron chi connectivity index (χ1n) is 6.74. The van der Waals surface area contributed by atoms with Crippen molar-refractivity contribution in [1.82, 2.24) is 9.97 Å². The van der Waals surface area contributed by atoms with Crippen LogP contribution in [-0.4, -0.2) is 29.6 Å². The molecule has 20 heavy (non-hydrogen) atoms. The van der Waals surface area contributed by atoms with Gasteiger partial charge in [-0.15, -0.1) is 0 Å². The van der Waals surface area contributed by atoms with Crippen LogP contribution in [-0.2, 0) is 0 Å². The van der Waals surface area contributed by atoms with E-state index in [0.29, 0.717) is 11.6 Å². The van der Waals surface area contributed by atoms with Crippen LogP contribution in [0, 0.1) is 22.7 Å². The number of nitrogens with zero attached hydrogens (tertiary/aromatic N) is 5. The predicted molar refractivity (Wildman–Crippen MR) is 78.3 cm³/mol. The lowest BCUT2D eigenvalue weighted by atomic mass is 10.2. The van der Waals surface area contributed by atoms with E-state index in [4.69, 9.17) is 10.5 Å². The van der Waals surface area contributed by atoms with Crippen molar-refractivity contribution in [3.63, 3.8) is 0 Å². The van der Waals surface area contributed by atoms with Crippen molar-refractivity contribution in [2.45, 2.75) is 33.1 Å². The summed E-state index contributed by atoms with van der Waals surface area (Å²) in [6, 6.07) is 5.90. The highest BCUT2D eigenvalue weighted by atomic mass is 15.2. The summed E-state index contributed by atoms with van der Waals surface area (Å²) >= 11 is 0. The van der Waals surface area contributed by atoms with Crippen LogP contribution < -0.4 is 10.2 Å². The van der Waals surface area contributed by atoms with Gasteiger partial charge in [0.25, 0.3) is 0 Å². The Balaban J connectivity index is 3.12. The quantitative estimate of drug-likeness (QED) is 0.766. The summed E-state index contributed by atoms with van der Waals surface area (Å²) in [6.45, 7) is 7.20. The zero-order chi connectivity index (χ0) is 15.0. The van der Waals surface area contributed by atoms with Gasteiger partial charge in [0.2, 0.25) is 0 Å². The lowest BCUT2D eigenvalue weighted by molar-refractivity contribution is 0.764. The van der Waals surface area contributed by atoms with E-state index in [2.05, 4.69) is 34.3 Å². The summed E-state index contributed by atoms with van der Waals surface area (Å²) in [7, 11) is 0. The van der Waals surface area contributed by atoms with Gasteiger partial charge >= 0.3 is 0 Å². The first kappa shape index (κ1) is 15.7. The number of aromatic nitrogens is 2. The van der Waals surface area contributed by atoms with Gasteiger partial charge in [0, 0.05) is 18.5 Å².